The zero-order valence-electron chi connectivity index (χ0n) is 11.1. The number of benzene rings is 1. The molecular formula is C15H22N2O. The van der Waals surface area contributed by atoms with Gasteiger partial charge in [-0.2, -0.15) is 0 Å². The summed E-state index contributed by atoms with van der Waals surface area (Å²) in [7, 11) is 1.75. The van der Waals surface area contributed by atoms with Gasteiger partial charge in [-0.15, -0.1) is 0 Å². The van der Waals surface area contributed by atoms with Crippen molar-refractivity contribution in [2.45, 2.75) is 19.5 Å². The van der Waals surface area contributed by atoms with Gasteiger partial charge in [-0.25, -0.2) is 0 Å². The minimum atomic E-state index is 0.620. The van der Waals surface area contributed by atoms with E-state index in [2.05, 4.69) is 35.2 Å². The number of methoxy groups -OCH3 is 1. The summed E-state index contributed by atoms with van der Waals surface area (Å²) >= 11 is 0. The maximum Gasteiger partial charge on any atom is 0.0673 e. The Bertz CT molecular complexity index is 415. The summed E-state index contributed by atoms with van der Waals surface area (Å²) in [4.78, 5) is 2.45. The van der Waals surface area contributed by atoms with E-state index < -0.39 is 0 Å². The monoisotopic (exact) mass is 246 g/mol. The number of hydrogen-bond donors (Lipinski definition) is 1. The van der Waals surface area contributed by atoms with Crippen LogP contribution in [-0.4, -0.2) is 31.7 Å². The third kappa shape index (κ3) is 3.42. The Morgan fingerprint density at radius 2 is 2.06 bits per heavy atom. The first-order valence-corrected chi connectivity index (χ1v) is 6.49. The highest BCUT2D eigenvalue weighted by molar-refractivity contribution is 5.27. The summed E-state index contributed by atoms with van der Waals surface area (Å²) < 4.78 is 5.17. The molecule has 2 rings (SSSR count). The van der Waals surface area contributed by atoms with Gasteiger partial charge >= 0.3 is 0 Å². The summed E-state index contributed by atoms with van der Waals surface area (Å²) in [5.41, 5.74) is 9.79. The molecular weight excluding hydrogens is 224 g/mol. The van der Waals surface area contributed by atoms with Crippen molar-refractivity contribution in [2.75, 3.05) is 26.8 Å². The van der Waals surface area contributed by atoms with E-state index in [-0.39, 0.29) is 0 Å². The van der Waals surface area contributed by atoms with Crippen LogP contribution in [0.1, 0.15) is 17.5 Å². The molecule has 0 amide bonds. The van der Waals surface area contributed by atoms with Crippen molar-refractivity contribution in [1.29, 1.82) is 0 Å². The molecule has 0 bridgehead atoms. The van der Waals surface area contributed by atoms with E-state index in [4.69, 9.17) is 10.5 Å². The molecule has 98 valence electrons. The summed E-state index contributed by atoms with van der Waals surface area (Å²) in [5.74, 6) is 0. The van der Waals surface area contributed by atoms with Crippen molar-refractivity contribution in [3.8, 4) is 0 Å². The quantitative estimate of drug-likeness (QED) is 0.807. The molecule has 0 aromatic heterocycles. The third-order valence-electron chi connectivity index (χ3n) is 3.45. The molecule has 2 N–H and O–H groups in total. The van der Waals surface area contributed by atoms with Crippen molar-refractivity contribution in [3.05, 3.63) is 47.0 Å². The number of ether oxygens (including phenoxy) is 1. The lowest BCUT2D eigenvalue weighted by atomic mass is 10.0. The minimum Gasteiger partial charge on any atom is -0.380 e. The lowest BCUT2D eigenvalue weighted by molar-refractivity contribution is 0.210. The number of nitrogens with two attached hydrogens (primary N) is 1. The van der Waals surface area contributed by atoms with Gasteiger partial charge in [0, 0.05) is 33.3 Å². The fraction of sp³-hybridized carbons (Fsp3) is 0.467. The predicted molar refractivity (Wildman–Crippen MR) is 74.2 cm³/mol. The van der Waals surface area contributed by atoms with E-state index in [1.165, 1.54) is 16.7 Å². The molecule has 3 nitrogen and oxygen atoms in total. The van der Waals surface area contributed by atoms with Gasteiger partial charge < -0.3 is 10.5 Å². The molecule has 1 aliphatic heterocycles. The lowest BCUT2D eigenvalue weighted by Gasteiger charge is -2.26. The van der Waals surface area contributed by atoms with E-state index in [0.717, 1.165) is 32.7 Å². The Kier molecular flexibility index (Phi) is 4.93. The Balaban J connectivity index is 1.95. The summed E-state index contributed by atoms with van der Waals surface area (Å²) in [5, 5.41) is 0. The van der Waals surface area contributed by atoms with Crippen molar-refractivity contribution in [3.63, 3.8) is 0 Å². The largest absolute Gasteiger partial charge is 0.380 e. The van der Waals surface area contributed by atoms with E-state index in [1.54, 1.807) is 7.11 Å². The molecule has 3 heteroatoms. The van der Waals surface area contributed by atoms with Crippen molar-refractivity contribution >= 4 is 0 Å². The molecule has 1 heterocycles. The molecule has 0 saturated carbocycles. The van der Waals surface area contributed by atoms with Crippen LogP contribution in [0.5, 0.6) is 0 Å². The fourth-order valence-electron chi connectivity index (χ4n) is 2.37. The van der Waals surface area contributed by atoms with Gasteiger partial charge in [0.25, 0.3) is 0 Å². The van der Waals surface area contributed by atoms with Gasteiger partial charge in [0.15, 0.2) is 0 Å². The fourth-order valence-corrected chi connectivity index (χ4v) is 2.37. The number of hydrogen-bond acceptors (Lipinski definition) is 3. The van der Waals surface area contributed by atoms with E-state index in [1.807, 2.05) is 0 Å². The molecule has 0 saturated heterocycles. The highest BCUT2D eigenvalue weighted by atomic mass is 16.5. The Labute approximate surface area is 109 Å². The first-order chi connectivity index (χ1) is 8.83. The van der Waals surface area contributed by atoms with Gasteiger partial charge in [0.2, 0.25) is 0 Å². The Morgan fingerprint density at radius 3 is 2.67 bits per heavy atom. The van der Waals surface area contributed by atoms with E-state index >= 15 is 0 Å². The molecule has 1 aliphatic rings. The van der Waals surface area contributed by atoms with Crippen LogP contribution in [0.2, 0.25) is 0 Å². The van der Waals surface area contributed by atoms with Crippen LogP contribution in [0, 0.1) is 0 Å². The van der Waals surface area contributed by atoms with Gasteiger partial charge in [-0.1, -0.05) is 30.3 Å². The minimum absolute atomic E-state index is 0.620. The molecule has 0 atom stereocenters. The maximum atomic E-state index is 5.77. The summed E-state index contributed by atoms with van der Waals surface area (Å²) in [6.07, 6.45) is 3.40. The summed E-state index contributed by atoms with van der Waals surface area (Å²) in [6, 6.07) is 8.44. The van der Waals surface area contributed by atoms with Crippen LogP contribution >= 0.6 is 0 Å². The standard InChI is InChI=1S/C15H22N2O/c1-18-12-13-6-8-17(9-7-13)11-15-5-3-2-4-14(15)10-16/h2-6H,7-12,16H2,1H3. The second kappa shape index (κ2) is 6.69. The van der Waals surface area contributed by atoms with Gasteiger partial charge in [-0.05, 0) is 23.1 Å². The van der Waals surface area contributed by atoms with Gasteiger partial charge in [0.1, 0.15) is 0 Å². The van der Waals surface area contributed by atoms with Crippen LogP contribution in [0.15, 0.2) is 35.9 Å². The Morgan fingerprint density at radius 1 is 1.28 bits per heavy atom. The van der Waals surface area contributed by atoms with Gasteiger partial charge in [0.05, 0.1) is 6.61 Å². The molecule has 0 spiro atoms. The normalized spacial score (nSPS) is 16.7. The first kappa shape index (κ1) is 13.3. The number of rotatable bonds is 5. The Hall–Kier alpha value is -1.16. The second-order valence-corrected chi connectivity index (χ2v) is 4.75. The summed E-state index contributed by atoms with van der Waals surface area (Å²) in [6.45, 7) is 4.50. The van der Waals surface area contributed by atoms with Crippen LogP contribution in [-0.2, 0) is 17.8 Å². The van der Waals surface area contributed by atoms with Crippen LogP contribution < -0.4 is 5.73 Å². The van der Waals surface area contributed by atoms with Crippen molar-refractivity contribution in [2.24, 2.45) is 5.73 Å². The van der Waals surface area contributed by atoms with Crippen LogP contribution in [0.4, 0.5) is 0 Å². The van der Waals surface area contributed by atoms with Gasteiger partial charge in [-0.3, -0.25) is 4.90 Å². The third-order valence-corrected chi connectivity index (χ3v) is 3.45. The number of nitrogens with zero attached hydrogens (tertiary/aromatic N) is 1. The zero-order chi connectivity index (χ0) is 12.8. The SMILES string of the molecule is COCC1=CCN(Cc2ccccc2CN)CC1. The maximum absolute atomic E-state index is 5.77. The topological polar surface area (TPSA) is 38.5 Å². The second-order valence-electron chi connectivity index (χ2n) is 4.75. The van der Waals surface area contributed by atoms with Crippen LogP contribution in [0.3, 0.4) is 0 Å². The molecule has 0 radical (unpaired) electrons. The molecule has 0 unspecified atom stereocenters. The molecule has 18 heavy (non-hydrogen) atoms. The van der Waals surface area contributed by atoms with Crippen molar-refractivity contribution < 1.29 is 4.74 Å². The zero-order valence-corrected chi connectivity index (χ0v) is 11.1. The highest BCUT2D eigenvalue weighted by Crippen LogP contribution is 2.16. The molecule has 0 fully saturated rings. The molecule has 0 aliphatic carbocycles. The predicted octanol–water partition coefficient (Wildman–Crippen LogP) is 1.92. The molecule has 1 aromatic rings. The smallest absolute Gasteiger partial charge is 0.0673 e. The average molecular weight is 246 g/mol. The first-order valence-electron chi connectivity index (χ1n) is 6.49. The van der Waals surface area contributed by atoms with Crippen molar-refractivity contribution in [1.82, 2.24) is 4.90 Å². The van der Waals surface area contributed by atoms with E-state index in [0.29, 0.717) is 6.54 Å². The molecule has 1 aromatic carbocycles. The average Bonchev–Trinajstić information content (AvgIpc) is 2.42. The lowest BCUT2D eigenvalue weighted by Crippen LogP contribution is -2.29. The highest BCUT2D eigenvalue weighted by Gasteiger charge is 2.12. The van der Waals surface area contributed by atoms with Crippen LogP contribution in [0.25, 0.3) is 0 Å². The van der Waals surface area contributed by atoms with E-state index in [9.17, 15) is 0 Å².